The number of nitrogens with zero attached hydrogens (tertiary/aromatic N) is 2. The Hall–Kier alpha value is -2.72. The van der Waals surface area contributed by atoms with Gasteiger partial charge in [0.05, 0.1) is 11.2 Å². The van der Waals surface area contributed by atoms with Gasteiger partial charge in [0.2, 0.25) is 0 Å². The van der Waals surface area contributed by atoms with Crippen LogP contribution in [0.25, 0.3) is 27.3 Å². The predicted octanol–water partition coefficient (Wildman–Crippen LogP) is 4.42. The average Bonchev–Trinajstić information content (AvgIpc) is 2.97. The molecule has 4 rings (SSSR count). The van der Waals surface area contributed by atoms with Crippen LogP contribution in [0, 0.1) is 6.92 Å². The molecule has 0 saturated carbocycles. The summed E-state index contributed by atoms with van der Waals surface area (Å²) in [6, 6.07) is 21.5. The first-order valence-electron chi connectivity index (χ1n) is 7.38. The summed E-state index contributed by atoms with van der Waals surface area (Å²) in [5, 5.41) is 0. The van der Waals surface area contributed by atoms with E-state index in [0.29, 0.717) is 10.5 Å². The van der Waals surface area contributed by atoms with E-state index in [1.807, 2.05) is 73.7 Å². The molecule has 0 fully saturated rings. The number of aromatic nitrogens is 2. The summed E-state index contributed by atoms with van der Waals surface area (Å²) >= 11 is 1.50. The molecule has 23 heavy (non-hydrogen) atoms. The number of aryl methyl sites for hydroxylation is 1. The fraction of sp³-hybridized carbons (Fsp3) is 0.0526. The van der Waals surface area contributed by atoms with Gasteiger partial charge in [-0.3, -0.25) is 9.36 Å². The summed E-state index contributed by atoms with van der Waals surface area (Å²) in [6.07, 6.45) is 0. The summed E-state index contributed by atoms with van der Waals surface area (Å²) in [6.45, 7) is 2.00. The van der Waals surface area contributed by atoms with Gasteiger partial charge in [0.15, 0.2) is 0 Å². The molecule has 0 radical (unpaired) electrons. The number of benzene rings is 2. The number of para-hydroxylation sites is 1. The van der Waals surface area contributed by atoms with E-state index >= 15 is 0 Å². The summed E-state index contributed by atoms with van der Waals surface area (Å²) in [4.78, 5) is 18.9. The van der Waals surface area contributed by atoms with Crippen LogP contribution >= 0.6 is 11.3 Å². The normalized spacial score (nSPS) is 11.0. The monoisotopic (exact) mass is 318 g/mol. The van der Waals surface area contributed by atoms with Crippen LogP contribution in [0.2, 0.25) is 0 Å². The van der Waals surface area contributed by atoms with Crippen LogP contribution in [0.5, 0.6) is 0 Å². The van der Waals surface area contributed by atoms with Gasteiger partial charge in [-0.15, -0.1) is 11.3 Å². The van der Waals surface area contributed by atoms with Crippen LogP contribution in [0.3, 0.4) is 0 Å². The maximum Gasteiger partial charge on any atom is 0.276 e. The van der Waals surface area contributed by atoms with E-state index in [2.05, 4.69) is 0 Å². The summed E-state index contributed by atoms with van der Waals surface area (Å²) in [5.41, 5.74) is 2.51. The molecule has 0 saturated heterocycles. The zero-order valence-corrected chi connectivity index (χ0v) is 13.4. The highest BCUT2D eigenvalue weighted by Gasteiger charge is 2.15. The Morgan fingerprint density at radius 2 is 1.61 bits per heavy atom. The van der Waals surface area contributed by atoms with Crippen molar-refractivity contribution in [3.63, 3.8) is 0 Å². The highest BCUT2D eigenvalue weighted by molar-refractivity contribution is 7.18. The zero-order chi connectivity index (χ0) is 15.8. The summed E-state index contributed by atoms with van der Waals surface area (Å²) in [5.74, 6) is 0.673. The molecule has 0 aliphatic rings. The Bertz CT molecular complexity index is 1030. The van der Waals surface area contributed by atoms with Gasteiger partial charge >= 0.3 is 0 Å². The second-order valence-corrected chi connectivity index (χ2v) is 6.61. The van der Waals surface area contributed by atoms with Crippen molar-refractivity contribution in [1.82, 2.24) is 9.55 Å². The van der Waals surface area contributed by atoms with Crippen LogP contribution in [0.15, 0.2) is 71.5 Å². The number of rotatable bonds is 2. The first kappa shape index (κ1) is 13.9. The number of fused-ring (bicyclic) bond motifs is 1. The second-order valence-electron chi connectivity index (χ2n) is 5.35. The zero-order valence-electron chi connectivity index (χ0n) is 12.6. The third kappa shape index (κ3) is 2.37. The minimum atomic E-state index is -0.0156. The first-order chi connectivity index (χ1) is 11.2. The lowest BCUT2D eigenvalue weighted by atomic mass is 10.2. The minimum Gasteiger partial charge on any atom is -0.267 e. The molecule has 0 bridgehead atoms. The van der Waals surface area contributed by atoms with E-state index in [1.165, 1.54) is 11.3 Å². The van der Waals surface area contributed by atoms with Crippen molar-refractivity contribution in [2.24, 2.45) is 0 Å². The van der Waals surface area contributed by atoms with Crippen molar-refractivity contribution in [3.8, 4) is 17.1 Å². The Kier molecular flexibility index (Phi) is 3.32. The van der Waals surface area contributed by atoms with Crippen molar-refractivity contribution < 1.29 is 0 Å². The van der Waals surface area contributed by atoms with Crippen molar-refractivity contribution in [3.05, 3.63) is 82.0 Å². The molecular weight excluding hydrogens is 304 g/mol. The third-order valence-corrected chi connectivity index (χ3v) is 4.75. The quantitative estimate of drug-likeness (QED) is 0.548. The third-order valence-electron chi connectivity index (χ3n) is 3.72. The highest BCUT2D eigenvalue weighted by atomic mass is 32.1. The molecule has 0 N–H and O–H groups in total. The SMILES string of the molecule is Cc1cc2nc(-c3ccccc3)n(-c3ccccc3)c(=O)c2s1. The highest BCUT2D eigenvalue weighted by Crippen LogP contribution is 2.26. The van der Waals surface area contributed by atoms with Crippen molar-refractivity contribution in [2.45, 2.75) is 6.92 Å². The maximum atomic E-state index is 13.1. The van der Waals surface area contributed by atoms with E-state index < -0.39 is 0 Å². The molecule has 4 aromatic rings. The van der Waals surface area contributed by atoms with Crippen LogP contribution in [-0.2, 0) is 0 Å². The van der Waals surface area contributed by atoms with E-state index in [0.717, 1.165) is 21.6 Å². The molecule has 2 aromatic heterocycles. The lowest BCUT2D eigenvalue weighted by molar-refractivity contribution is 0.980. The van der Waals surface area contributed by atoms with E-state index in [1.54, 1.807) is 4.57 Å². The number of hydrogen-bond acceptors (Lipinski definition) is 3. The maximum absolute atomic E-state index is 13.1. The number of hydrogen-bond donors (Lipinski definition) is 0. The Labute approximate surface area is 137 Å². The van der Waals surface area contributed by atoms with E-state index in [-0.39, 0.29) is 5.56 Å². The van der Waals surface area contributed by atoms with Crippen LogP contribution in [0.4, 0.5) is 0 Å². The molecule has 0 amide bonds. The molecule has 3 nitrogen and oxygen atoms in total. The minimum absolute atomic E-state index is 0.0156. The molecule has 112 valence electrons. The summed E-state index contributed by atoms with van der Waals surface area (Å²) in [7, 11) is 0. The molecule has 0 unspecified atom stereocenters. The first-order valence-corrected chi connectivity index (χ1v) is 8.20. The van der Waals surface area contributed by atoms with E-state index in [9.17, 15) is 4.79 Å². The number of thiophene rings is 1. The lowest BCUT2D eigenvalue weighted by Gasteiger charge is -2.12. The molecule has 0 aliphatic heterocycles. The standard InChI is InChI=1S/C19H14N2OS/c1-13-12-16-17(23-13)19(22)21(15-10-6-3-7-11-15)18(20-16)14-8-4-2-5-9-14/h2-12H,1H3. The summed E-state index contributed by atoms with van der Waals surface area (Å²) < 4.78 is 2.40. The fourth-order valence-electron chi connectivity index (χ4n) is 2.70. The van der Waals surface area contributed by atoms with Crippen LogP contribution in [0.1, 0.15) is 4.88 Å². The van der Waals surface area contributed by atoms with Crippen molar-refractivity contribution >= 4 is 21.6 Å². The van der Waals surface area contributed by atoms with Gasteiger partial charge < -0.3 is 0 Å². The Morgan fingerprint density at radius 3 is 2.30 bits per heavy atom. The molecule has 0 aliphatic carbocycles. The van der Waals surface area contributed by atoms with Gasteiger partial charge in [-0.1, -0.05) is 48.5 Å². The van der Waals surface area contributed by atoms with Crippen LogP contribution < -0.4 is 5.56 Å². The van der Waals surface area contributed by atoms with Gasteiger partial charge in [0.25, 0.3) is 5.56 Å². The fourth-order valence-corrected chi connectivity index (χ4v) is 3.58. The van der Waals surface area contributed by atoms with Crippen LogP contribution in [-0.4, -0.2) is 9.55 Å². The molecule has 0 spiro atoms. The largest absolute Gasteiger partial charge is 0.276 e. The topological polar surface area (TPSA) is 34.9 Å². The molecule has 0 atom stereocenters. The predicted molar refractivity (Wildman–Crippen MR) is 95.4 cm³/mol. The van der Waals surface area contributed by atoms with Crippen molar-refractivity contribution in [2.75, 3.05) is 0 Å². The van der Waals surface area contributed by atoms with Crippen molar-refractivity contribution in [1.29, 1.82) is 0 Å². The second kappa shape index (κ2) is 5.48. The van der Waals surface area contributed by atoms with Gasteiger partial charge in [0, 0.05) is 10.4 Å². The van der Waals surface area contributed by atoms with Gasteiger partial charge in [-0.25, -0.2) is 4.98 Å². The lowest BCUT2D eigenvalue weighted by Crippen LogP contribution is -2.20. The smallest absolute Gasteiger partial charge is 0.267 e. The molecular formula is C19H14N2OS. The van der Waals surface area contributed by atoms with E-state index in [4.69, 9.17) is 4.98 Å². The molecule has 2 aromatic carbocycles. The van der Waals surface area contributed by atoms with Gasteiger partial charge in [-0.05, 0) is 25.1 Å². The van der Waals surface area contributed by atoms with Gasteiger partial charge in [0.1, 0.15) is 10.5 Å². The molecule has 4 heteroatoms. The van der Waals surface area contributed by atoms with Gasteiger partial charge in [-0.2, -0.15) is 0 Å². The Balaban J connectivity index is 2.13. The average molecular weight is 318 g/mol. The Morgan fingerprint density at radius 1 is 0.957 bits per heavy atom. The molecule has 2 heterocycles.